The van der Waals surface area contributed by atoms with Crippen molar-refractivity contribution in [1.29, 1.82) is 0 Å². The number of oxime groups is 1. The number of hydrogen-bond donors (Lipinski definition) is 1. The van der Waals surface area contributed by atoms with Gasteiger partial charge in [-0.15, -0.1) is 0 Å². The van der Waals surface area contributed by atoms with Crippen molar-refractivity contribution >= 4 is 16.8 Å². The molecule has 8 nitrogen and oxygen atoms in total. The molecule has 1 saturated carbocycles. The average molecular weight is 449 g/mol. The Bertz CT molecular complexity index is 1250. The molecule has 0 bridgehead atoms. The van der Waals surface area contributed by atoms with Crippen molar-refractivity contribution in [2.24, 2.45) is 11.1 Å². The first kappa shape index (κ1) is 21.6. The summed E-state index contributed by atoms with van der Waals surface area (Å²) < 4.78 is 5.20. The van der Waals surface area contributed by atoms with Gasteiger partial charge in [-0.25, -0.2) is 4.79 Å². The van der Waals surface area contributed by atoms with Crippen LogP contribution in [0, 0.1) is 5.92 Å². The van der Waals surface area contributed by atoms with E-state index in [4.69, 9.17) is 9.25 Å². The van der Waals surface area contributed by atoms with Crippen molar-refractivity contribution in [3.63, 3.8) is 0 Å². The number of nitrogens with zero attached hydrogens (tertiary/aromatic N) is 3. The molecule has 172 valence electrons. The Morgan fingerprint density at radius 1 is 1.15 bits per heavy atom. The van der Waals surface area contributed by atoms with Crippen LogP contribution >= 0.6 is 0 Å². The van der Waals surface area contributed by atoms with E-state index in [0.717, 1.165) is 56.9 Å². The molecule has 3 heterocycles. The first-order valence-corrected chi connectivity index (χ1v) is 11.7. The van der Waals surface area contributed by atoms with Crippen LogP contribution in [0.4, 0.5) is 0 Å². The van der Waals surface area contributed by atoms with E-state index in [0.29, 0.717) is 17.4 Å². The van der Waals surface area contributed by atoms with Crippen LogP contribution in [0.1, 0.15) is 49.7 Å². The predicted octanol–water partition coefficient (Wildman–Crippen LogP) is 3.64. The number of piperidine rings is 1. The first-order chi connectivity index (χ1) is 16.1. The Labute approximate surface area is 191 Å². The molecule has 2 aliphatic rings. The molecule has 8 heteroatoms. The maximum Gasteiger partial charge on any atom is 0.337 e. The number of aryl methyl sites for hydroxylation is 1. The van der Waals surface area contributed by atoms with E-state index in [1.807, 2.05) is 6.07 Å². The second-order valence-corrected chi connectivity index (χ2v) is 8.99. The molecular weight excluding hydrogens is 420 g/mol. The molecule has 1 N–H and O–H groups in total. The number of aromatic nitrogens is 2. The second-order valence-electron chi connectivity index (χ2n) is 8.99. The molecule has 5 rings (SSSR count). The number of fused-ring (bicyclic) bond motifs is 1. The standard InChI is InChI=1S/C25H28N4O4/c30-21-15-19(8-4-7-17-9-10-17)22-23(31)26-25(27-24(22)32-21)33-28-20-11-13-29(14-12-20)16-18-5-2-1-3-6-18/h1-3,5-6,15,17H,4,7-14,16H2,(H,26,27,31). The number of aromatic amines is 1. The van der Waals surface area contributed by atoms with Gasteiger partial charge in [0.05, 0.1) is 5.71 Å². The van der Waals surface area contributed by atoms with Gasteiger partial charge in [0.25, 0.3) is 5.56 Å². The van der Waals surface area contributed by atoms with Crippen LogP contribution in [0.15, 0.2) is 55.6 Å². The van der Waals surface area contributed by atoms with Gasteiger partial charge in [0.15, 0.2) is 0 Å². The lowest BCUT2D eigenvalue weighted by molar-refractivity contribution is 0.256. The Hall–Kier alpha value is -3.26. The van der Waals surface area contributed by atoms with Gasteiger partial charge >= 0.3 is 11.6 Å². The minimum atomic E-state index is -0.509. The number of H-pyrrole nitrogens is 1. The third-order valence-electron chi connectivity index (χ3n) is 6.37. The van der Waals surface area contributed by atoms with Gasteiger partial charge in [-0.05, 0) is 29.9 Å². The summed E-state index contributed by atoms with van der Waals surface area (Å²) in [6, 6.07) is 11.7. The molecule has 1 aliphatic heterocycles. The number of nitrogens with one attached hydrogen (secondary N) is 1. The number of benzene rings is 1. The van der Waals surface area contributed by atoms with Crippen LogP contribution < -0.4 is 16.0 Å². The van der Waals surface area contributed by atoms with E-state index in [-0.39, 0.29) is 17.3 Å². The average Bonchev–Trinajstić information content (AvgIpc) is 3.63. The van der Waals surface area contributed by atoms with Gasteiger partial charge in [-0.3, -0.25) is 14.7 Å². The van der Waals surface area contributed by atoms with Crippen LogP contribution in [0.2, 0.25) is 0 Å². The van der Waals surface area contributed by atoms with Gasteiger partial charge in [0, 0.05) is 38.5 Å². The zero-order valence-electron chi connectivity index (χ0n) is 18.6. The zero-order chi connectivity index (χ0) is 22.6. The van der Waals surface area contributed by atoms with E-state index in [9.17, 15) is 9.59 Å². The lowest BCUT2D eigenvalue weighted by atomic mass is 10.1. The molecule has 1 aliphatic carbocycles. The highest BCUT2D eigenvalue weighted by molar-refractivity contribution is 5.85. The normalized spacial score (nSPS) is 16.8. The van der Waals surface area contributed by atoms with Gasteiger partial charge in [0.1, 0.15) is 5.39 Å². The number of likely N-dealkylation sites (tertiary alicyclic amines) is 1. The van der Waals surface area contributed by atoms with Crippen molar-refractivity contribution in [3.05, 3.63) is 68.3 Å². The Morgan fingerprint density at radius 3 is 2.70 bits per heavy atom. The third-order valence-corrected chi connectivity index (χ3v) is 6.37. The summed E-state index contributed by atoms with van der Waals surface area (Å²) in [4.78, 5) is 39.4. The molecule has 0 amide bonds. The fraction of sp³-hybridized carbons (Fsp3) is 0.440. The second kappa shape index (κ2) is 9.70. The topological polar surface area (TPSA) is 101 Å². The first-order valence-electron chi connectivity index (χ1n) is 11.7. The lowest BCUT2D eigenvalue weighted by Gasteiger charge is -2.27. The molecule has 2 aromatic heterocycles. The molecule has 0 unspecified atom stereocenters. The molecule has 1 aromatic carbocycles. The summed E-state index contributed by atoms with van der Waals surface area (Å²) in [5.41, 5.74) is 2.00. The van der Waals surface area contributed by atoms with Gasteiger partial charge in [-0.1, -0.05) is 54.8 Å². The zero-order valence-corrected chi connectivity index (χ0v) is 18.6. The Morgan fingerprint density at radius 2 is 1.94 bits per heavy atom. The largest absolute Gasteiger partial charge is 0.403 e. The van der Waals surface area contributed by atoms with Crippen molar-refractivity contribution < 1.29 is 9.25 Å². The Kier molecular flexibility index (Phi) is 6.35. The monoisotopic (exact) mass is 448 g/mol. The minimum Gasteiger partial charge on any atom is -0.403 e. The van der Waals surface area contributed by atoms with Crippen LogP contribution in [0.3, 0.4) is 0 Å². The molecule has 0 spiro atoms. The molecule has 3 aromatic rings. The summed E-state index contributed by atoms with van der Waals surface area (Å²) in [5, 5.41) is 4.52. The SMILES string of the molecule is O=c1cc(CCCC2CC2)c2c(=O)[nH]c(ON=C3CCN(Cc4ccccc4)CC3)nc2o1. The van der Waals surface area contributed by atoms with Gasteiger partial charge in [-0.2, -0.15) is 4.98 Å². The summed E-state index contributed by atoms with van der Waals surface area (Å²) >= 11 is 0. The molecule has 2 fully saturated rings. The van der Waals surface area contributed by atoms with E-state index < -0.39 is 5.63 Å². The number of rotatable bonds is 8. The molecule has 33 heavy (non-hydrogen) atoms. The van der Waals surface area contributed by atoms with E-state index in [2.05, 4.69) is 44.3 Å². The predicted molar refractivity (Wildman–Crippen MR) is 126 cm³/mol. The van der Waals surface area contributed by atoms with Crippen LogP contribution in [-0.2, 0) is 13.0 Å². The van der Waals surface area contributed by atoms with E-state index in [1.165, 1.54) is 24.5 Å². The summed E-state index contributed by atoms with van der Waals surface area (Å²) in [6.45, 7) is 2.69. The summed E-state index contributed by atoms with van der Waals surface area (Å²) in [7, 11) is 0. The fourth-order valence-corrected chi connectivity index (χ4v) is 4.37. The van der Waals surface area contributed by atoms with Crippen molar-refractivity contribution in [2.75, 3.05) is 13.1 Å². The smallest absolute Gasteiger partial charge is 0.337 e. The highest BCUT2D eigenvalue weighted by atomic mass is 16.6. The minimum absolute atomic E-state index is 0.000511. The van der Waals surface area contributed by atoms with Gasteiger partial charge in [0.2, 0.25) is 5.71 Å². The van der Waals surface area contributed by atoms with Crippen LogP contribution in [-0.4, -0.2) is 33.7 Å². The maximum absolute atomic E-state index is 12.7. The van der Waals surface area contributed by atoms with Crippen molar-refractivity contribution in [3.8, 4) is 6.01 Å². The highest BCUT2D eigenvalue weighted by Crippen LogP contribution is 2.34. The lowest BCUT2D eigenvalue weighted by Crippen LogP contribution is -2.33. The Balaban J connectivity index is 1.24. The van der Waals surface area contributed by atoms with E-state index >= 15 is 0 Å². The molecule has 0 atom stereocenters. The van der Waals surface area contributed by atoms with Crippen molar-refractivity contribution in [1.82, 2.24) is 14.9 Å². The van der Waals surface area contributed by atoms with Crippen molar-refractivity contribution in [2.45, 2.75) is 51.5 Å². The fourth-order valence-electron chi connectivity index (χ4n) is 4.37. The van der Waals surface area contributed by atoms with E-state index in [1.54, 1.807) is 0 Å². The highest BCUT2D eigenvalue weighted by Gasteiger charge is 2.21. The van der Waals surface area contributed by atoms with Gasteiger partial charge < -0.3 is 9.25 Å². The molecule has 0 radical (unpaired) electrons. The quantitative estimate of drug-likeness (QED) is 0.528. The summed E-state index contributed by atoms with van der Waals surface area (Å²) in [6.07, 6.45) is 6.85. The van der Waals surface area contributed by atoms with Crippen LogP contribution in [0.25, 0.3) is 11.1 Å². The molecule has 1 saturated heterocycles. The maximum atomic E-state index is 12.7. The summed E-state index contributed by atoms with van der Waals surface area (Å²) in [5.74, 6) is 0.803. The molecular formula is C25H28N4O4. The number of hydrogen-bond acceptors (Lipinski definition) is 7. The van der Waals surface area contributed by atoms with Crippen LogP contribution in [0.5, 0.6) is 6.01 Å². The third kappa shape index (κ3) is 5.57.